The minimum absolute atomic E-state index is 0.462. The fraction of sp³-hybridized carbons (Fsp3) is 0.526. The van der Waals surface area contributed by atoms with Gasteiger partial charge in [0.25, 0.3) is 0 Å². The maximum absolute atomic E-state index is 4.67. The second-order valence-electron chi connectivity index (χ2n) is 6.92. The summed E-state index contributed by atoms with van der Waals surface area (Å²) in [5, 5.41) is 3.40. The Bertz CT molecular complexity index is 709. The van der Waals surface area contributed by atoms with Crippen molar-refractivity contribution in [2.75, 3.05) is 45.1 Å². The molecule has 25 heavy (non-hydrogen) atoms. The summed E-state index contributed by atoms with van der Waals surface area (Å²) in [6, 6.07) is 6.50. The van der Waals surface area contributed by atoms with Crippen LogP contribution in [0, 0.1) is 13.8 Å². The molecule has 3 rings (SSSR count). The van der Waals surface area contributed by atoms with Crippen molar-refractivity contribution in [3.8, 4) is 11.3 Å². The number of hydrogen-bond acceptors (Lipinski definition) is 6. The van der Waals surface area contributed by atoms with E-state index < -0.39 is 0 Å². The summed E-state index contributed by atoms with van der Waals surface area (Å²) >= 11 is 0. The Morgan fingerprint density at radius 1 is 1.08 bits per heavy atom. The first kappa shape index (κ1) is 17.8. The van der Waals surface area contributed by atoms with E-state index in [0.717, 1.165) is 55.4 Å². The summed E-state index contributed by atoms with van der Waals surface area (Å²) in [6.07, 6.45) is 1.81. The van der Waals surface area contributed by atoms with Gasteiger partial charge >= 0.3 is 0 Å². The molecule has 0 aromatic carbocycles. The molecule has 0 spiro atoms. The Morgan fingerprint density at radius 2 is 1.84 bits per heavy atom. The van der Waals surface area contributed by atoms with E-state index in [1.54, 1.807) is 0 Å². The molecular formula is C19H28N6. The van der Waals surface area contributed by atoms with Gasteiger partial charge in [-0.1, -0.05) is 0 Å². The van der Waals surface area contributed by atoms with E-state index >= 15 is 0 Å². The lowest BCUT2D eigenvalue weighted by atomic mass is 10.1. The van der Waals surface area contributed by atoms with Crippen molar-refractivity contribution in [2.45, 2.75) is 26.8 Å². The molecule has 1 aliphatic rings. The lowest BCUT2D eigenvalue weighted by Crippen LogP contribution is -2.49. The van der Waals surface area contributed by atoms with Crippen LogP contribution in [0.1, 0.15) is 18.3 Å². The average molecular weight is 340 g/mol. The maximum Gasteiger partial charge on any atom is 0.223 e. The molecule has 0 amide bonds. The quantitative estimate of drug-likeness (QED) is 0.900. The molecule has 134 valence electrons. The second-order valence-corrected chi connectivity index (χ2v) is 6.92. The van der Waals surface area contributed by atoms with E-state index in [1.807, 2.05) is 32.2 Å². The number of aromatic nitrogens is 3. The number of anilines is 1. The molecule has 6 heteroatoms. The van der Waals surface area contributed by atoms with Gasteiger partial charge in [-0.05, 0) is 46.0 Å². The highest BCUT2D eigenvalue weighted by molar-refractivity contribution is 5.62. The van der Waals surface area contributed by atoms with Crippen LogP contribution in [0.5, 0.6) is 0 Å². The molecule has 1 N–H and O–H groups in total. The van der Waals surface area contributed by atoms with Crippen LogP contribution >= 0.6 is 0 Å². The lowest BCUT2D eigenvalue weighted by Gasteiger charge is -2.36. The molecule has 0 bridgehead atoms. The van der Waals surface area contributed by atoms with Gasteiger partial charge in [0.15, 0.2) is 0 Å². The molecule has 1 unspecified atom stereocenters. The van der Waals surface area contributed by atoms with Crippen molar-refractivity contribution >= 4 is 5.95 Å². The van der Waals surface area contributed by atoms with Crippen LogP contribution in [-0.4, -0.2) is 70.6 Å². The molecule has 6 nitrogen and oxygen atoms in total. The predicted molar refractivity (Wildman–Crippen MR) is 102 cm³/mol. The maximum atomic E-state index is 4.67. The first-order valence-corrected chi connectivity index (χ1v) is 8.97. The summed E-state index contributed by atoms with van der Waals surface area (Å²) in [5.41, 5.74) is 3.99. The van der Waals surface area contributed by atoms with Gasteiger partial charge < -0.3 is 10.2 Å². The van der Waals surface area contributed by atoms with Gasteiger partial charge in [0.05, 0.1) is 5.69 Å². The highest BCUT2D eigenvalue weighted by Gasteiger charge is 2.19. The molecule has 3 heterocycles. The van der Waals surface area contributed by atoms with Crippen molar-refractivity contribution in [1.82, 2.24) is 24.8 Å². The summed E-state index contributed by atoms with van der Waals surface area (Å²) in [4.78, 5) is 18.5. The minimum Gasteiger partial charge on any atom is -0.353 e. The first-order valence-electron chi connectivity index (χ1n) is 8.97. The zero-order chi connectivity index (χ0) is 17.8. The third kappa shape index (κ3) is 4.52. The Morgan fingerprint density at radius 3 is 2.56 bits per heavy atom. The van der Waals surface area contributed by atoms with Gasteiger partial charge in [0.1, 0.15) is 0 Å². The molecule has 2 aromatic rings. The topological polar surface area (TPSA) is 57.2 Å². The van der Waals surface area contributed by atoms with E-state index in [1.165, 1.54) is 0 Å². The van der Waals surface area contributed by atoms with Crippen molar-refractivity contribution in [3.63, 3.8) is 0 Å². The van der Waals surface area contributed by atoms with Crippen LogP contribution in [-0.2, 0) is 0 Å². The third-order valence-electron chi connectivity index (χ3n) is 4.87. The SMILES string of the molecule is Cc1ccc(-c2ccnc(NCC(C)N3CCN(C)CC3)n2)c(C)n1. The normalized spacial score (nSPS) is 17.4. The minimum atomic E-state index is 0.462. The Hall–Kier alpha value is -2.05. The van der Waals surface area contributed by atoms with E-state index in [4.69, 9.17) is 0 Å². The molecule has 0 aliphatic carbocycles. The molecular weight excluding hydrogens is 312 g/mol. The summed E-state index contributed by atoms with van der Waals surface area (Å²) in [7, 11) is 2.18. The molecule has 0 radical (unpaired) electrons. The van der Waals surface area contributed by atoms with Crippen LogP contribution in [0.3, 0.4) is 0 Å². The monoisotopic (exact) mass is 340 g/mol. The predicted octanol–water partition coefficient (Wildman–Crippen LogP) is 2.20. The number of likely N-dealkylation sites (N-methyl/N-ethyl adjacent to an activating group) is 1. The van der Waals surface area contributed by atoms with Gasteiger partial charge in [0, 0.05) is 61.9 Å². The number of nitrogens with zero attached hydrogens (tertiary/aromatic N) is 5. The van der Waals surface area contributed by atoms with Crippen molar-refractivity contribution in [3.05, 3.63) is 35.8 Å². The van der Waals surface area contributed by atoms with Gasteiger partial charge in [-0.2, -0.15) is 0 Å². The van der Waals surface area contributed by atoms with E-state index in [0.29, 0.717) is 12.0 Å². The highest BCUT2D eigenvalue weighted by atomic mass is 15.3. The number of aryl methyl sites for hydroxylation is 2. The van der Waals surface area contributed by atoms with Gasteiger partial charge in [-0.25, -0.2) is 9.97 Å². The van der Waals surface area contributed by atoms with E-state index in [2.05, 4.69) is 50.1 Å². The number of pyridine rings is 1. The van der Waals surface area contributed by atoms with Crippen molar-refractivity contribution in [2.24, 2.45) is 0 Å². The van der Waals surface area contributed by atoms with Crippen LogP contribution in [0.4, 0.5) is 5.95 Å². The van der Waals surface area contributed by atoms with E-state index in [-0.39, 0.29) is 0 Å². The summed E-state index contributed by atoms with van der Waals surface area (Å²) in [6.45, 7) is 11.6. The van der Waals surface area contributed by atoms with Crippen LogP contribution in [0.25, 0.3) is 11.3 Å². The largest absolute Gasteiger partial charge is 0.353 e. The van der Waals surface area contributed by atoms with Crippen molar-refractivity contribution < 1.29 is 0 Å². The number of piperazine rings is 1. The fourth-order valence-corrected chi connectivity index (χ4v) is 3.18. The van der Waals surface area contributed by atoms with Crippen LogP contribution in [0.2, 0.25) is 0 Å². The third-order valence-corrected chi connectivity index (χ3v) is 4.87. The standard InChI is InChI=1S/C19H28N6/c1-14-5-6-17(16(3)22-14)18-7-8-20-19(23-18)21-13-15(2)25-11-9-24(4)10-12-25/h5-8,15H,9-13H2,1-4H3,(H,20,21,23). The van der Waals surface area contributed by atoms with Gasteiger partial charge in [-0.15, -0.1) is 0 Å². The van der Waals surface area contributed by atoms with E-state index in [9.17, 15) is 0 Å². The second kappa shape index (κ2) is 7.89. The van der Waals surface area contributed by atoms with Crippen LogP contribution in [0.15, 0.2) is 24.4 Å². The van der Waals surface area contributed by atoms with Gasteiger partial charge in [0.2, 0.25) is 5.95 Å². The zero-order valence-electron chi connectivity index (χ0n) is 15.7. The summed E-state index contributed by atoms with van der Waals surface area (Å²) < 4.78 is 0. The molecule has 0 saturated carbocycles. The number of hydrogen-bond donors (Lipinski definition) is 1. The van der Waals surface area contributed by atoms with Crippen molar-refractivity contribution in [1.29, 1.82) is 0 Å². The Balaban J connectivity index is 1.64. The summed E-state index contributed by atoms with van der Waals surface area (Å²) in [5.74, 6) is 0.679. The number of nitrogens with one attached hydrogen (secondary N) is 1. The van der Waals surface area contributed by atoms with Gasteiger partial charge in [-0.3, -0.25) is 9.88 Å². The molecule has 1 saturated heterocycles. The molecule has 1 fully saturated rings. The highest BCUT2D eigenvalue weighted by Crippen LogP contribution is 2.21. The first-order chi connectivity index (χ1) is 12.0. The zero-order valence-corrected chi connectivity index (χ0v) is 15.7. The number of rotatable bonds is 5. The Labute approximate surface area is 150 Å². The smallest absolute Gasteiger partial charge is 0.223 e. The lowest BCUT2D eigenvalue weighted by molar-refractivity contribution is 0.123. The fourth-order valence-electron chi connectivity index (χ4n) is 3.18. The molecule has 2 aromatic heterocycles. The molecule has 1 atom stereocenters. The van der Waals surface area contributed by atoms with Crippen LogP contribution < -0.4 is 5.32 Å². The molecule has 1 aliphatic heterocycles. The Kier molecular flexibility index (Phi) is 5.60. The average Bonchev–Trinajstić information content (AvgIpc) is 2.60.